The second kappa shape index (κ2) is 14.3. The van der Waals surface area contributed by atoms with Gasteiger partial charge in [-0.25, -0.2) is 0 Å². The van der Waals surface area contributed by atoms with E-state index >= 15 is 0 Å². The highest BCUT2D eigenvalue weighted by atomic mass is 16.6. The van der Waals surface area contributed by atoms with E-state index in [1.54, 1.807) is 6.92 Å². The van der Waals surface area contributed by atoms with E-state index in [-0.39, 0.29) is 37.3 Å². The average molecular weight is 594 g/mol. The van der Waals surface area contributed by atoms with Crippen LogP contribution in [0.25, 0.3) is 0 Å². The number of esters is 1. The van der Waals surface area contributed by atoms with E-state index in [0.717, 1.165) is 0 Å². The number of rotatable bonds is 5. The lowest BCUT2D eigenvalue weighted by Gasteiger charge is -2.38. The number of ether oxygens (including phenoxy) is 2. The van der Waals surface area contributed by atoms with Crippen molar-refractivity contribution in [1.29, 1.82) is 0 Å². The van der Waals surface area contributed by atoms with Crippen molar-refractivity contribution in [3.05, 3.63) is 0 Å². The van der Waals surface area contributed by atoms with Crippen molar-refractivity contribution in [2.45, 2.75) is 103 Å². The van der Waals surface area contributed by atoms with E-state index < -0.39 is 65.8 Å². The van der Waals surface area contributed by atoms with Crippen molar-refractivity contribution >= 4 is 35.5 Å². The molecule has 3 saturated heterocycles. The third-order valence-electron chi connectivity index (χ3n) is 8.63. The van der Waals surface area contributed by atoms with Gasteiger partial charge in [0.25, 0.3) is 5.91 Å². The van der Waals surface area contributed by atoms with E-state index in [9.17, 15) is 28.8 Å². The molecular weight excluding hydrogens is 546 g/mol. The summed E-state index contributed by atoms with van der Waals surface area (Å²) < 4.78 is 10.8. The van der Waals surface area contributed by atoms with Gasteiger partial charge in [-0.05, 0) is 31.6 Å². The molecule has 42 heavy (non-hydrogen) atoms. The molecule has 0 saturated carbocycles. The monoisotopic (exact) mass is 593 g/mol. The van der Waals surface area contributed by atoms with Crippen molar-refractivity contribution < 1.29 is 38.2 Å². The molecule has 7 atom stereocenters. The zero-order chi connectivity index (χ0) is 31.3. The number of carbonyl (C=O) groups excluding carboxylic acids is 6. The summed E-state index contributed by atoms with van der Waals surface area (Å²) in [4.78, 5) is 84.5. The molecule has 0 spiro atoms. The molecule has 0 aromatic heterocycles. The van der Waals surface area contributed by atoms with Crippen LogP contribution in [0.4, 0.5) is 0 Å². The third-order valence-corrected chi connectivity index (χ3v) is 8.63. The molecule has 5 amide bonds. The van der Waals surface area contributed by atoms with Gasteiger partial charge in [0.05, 0.1) is 19.1 Å². The number of epoxide rings is 1. The molecule has 0 aromatic carbocycles. The molecule has 13 heteroatoms. The predicted octanol–water partition coefficient (Wildman–Crippen LogP) is 0.0588. The van der Waals surface area contributed by atoms with Gasteiger partial charge in [-0.3, -0.25) is 28.8 Å². The molecule has 3 aliphatic heterocycles. The molecule has 236 valence electrons. The van der Waals surface area contributed by atoms with Crippen LogP contribution in [0.15, 0.2) is 0 Å². The SMILES string of the molecule is CCC(C)C1NC(=O)[C@@H]2CCCN2C(=O)[C@@H](CC2CO2)OC(=O)CCNC(=O)C(C)N(C)C(=O)C(C(C)C)N(C)C1=O. The topological polar surface area (TPSA) is 158 Å². The first-order valence-corrected chi connectivity index (χ1v) is 15.0. The number of hydrogen-bond donors (Lipinski definition) is 2. The Hall–Kier alpha value is -3.22. The molecule has 0 aliphatic carbocycles. The highest BCUT2D eigenvalue weighted by molar-refractivity contribution is 5.96. The van der Waals surface area contributed by atoms with Gasteiger partial charge in [-0.2, -0.15) is 0 Å². The van der Waals surface area contributed by atoms with Gasteiger partial charge in [0, 0.05) is 33.6 Å². The molecule has 3 aliphatic rings. The lowest BCUT2D eigenvalue weighted by atomic mass is 9.94. The van der Waals surface area contributed by atoms with Gasteiger partial charge in [0.2, 0.25) is 23.6 Å². The Morgan fingerprint density at radius 2 is 1.62 bits per heavy atom. The Labute approximate surface area is 248 Å². The number of nitrogens with one attached hydrogen (secondary N) is 2. The fourth-order valence-corrected chi connectivity index (χ4v) is 5.55. The molecule has 0 aromatic rings. The minimum atomic E-state index is -1.14. The smallest absolute Gasteiger partial charge is 0.308 e. The summed E-state index contributed by atoms with van der Waals surface area (Å²) in [5.74, 6) is -3.51. The summed E-state index contributed by atoms with van der Waals surface area (Å²) in [5.41, 5.74) is 0. The average Bonchev–Trinajstić information content (AvgIpc) is 3.63. The molecule has 0 bridgehead atoms. The summed E-state index contributed by atoms with van der Waals surface area (Å²) in [7, 11) is 3.03. The van der Waals surface area contributed by atoms with E-state index in [0.29, 0.717) is 32.4 Å². The van der Waals surface area contributed by atoms with E-state index in [2.05, 4.69) is 10.6 Å². The molecule has 2 N–H and O–H groups in total. The molecular formula is C29H47N5O8. The third kappa shape index (κ3) is 7.78. The Morgan fingerprint density at radius 1 is 0.952 bits per heavy atom. The van der Waals surface area contributed by atoms with Crippen molar-refractivity contribution in [1.82, 2.24) is 25.3 Å². The van der Waals surface area contributed by atoms with Crippen LogP contribution in [0, 0.1) is 11.8 Å². The quantitative estimate of drug-likeness (QED) is 0.335. The number of carbonyl (C=O) groups is 6. The zero-order valence-electron chi connectivity index (χ0n) is 25.9. The summed E-state index contributed by atoms with van der Waals surface area (Å²) in [5, 5.41) is 5.54. The molecule has 3 fully saturated rings. The Kier molecular flexibility index (Phi) is 11.3. The number of fused-ring (bicyclic) bond motifs is 1. The molecule has 0 radical (unpaired) electrons. The van der Waals surface area contributed by atoms with Crippen LogP contribution >= 0.6 is 0 Å². The number of likely N-dealkylation sites (N-methyl/N-ethyl adjacent to an activating group) is 2. The van der Waals surface area contributed by atoms with Gasteiger partial charge < -0.3 is 34.8 Å². The lowest BCUT2D eigenvalue weighted by molar-refractivity contribution is -0.162. The standard InChI is InChI=1S/C29H47N5O8/c1-8-17(4)23-28(39)33(7)24(16(2)3)29(40)32(6)18(5)25(36)30-12-11-22(35)42-21(14-19-15-41-19)27(38)34-13-9-10-20(34)26(37)31-23/h16-21,23-24H,8-15H2,1-7H3,(H,30,36)(H,31,37)/t17?,18?,19?,20-,21+,23?,24?/m0/s1. The first kappa shape index (κ1) is 33.3. The van der Waals surface area contributed by atoms with Crippen LogP contribution < -0.4 is 10.6 Å². The van der Waals surface area contributed by atoms with E-state index in [1.165, 1.54) is 28.8 Å². The van der Waals surface area contributed by atoms with Crippen LogP contribution in [-0.4, -0.2) is 120 Å². The van der Waals surface area contributed by atoms with Gasteiger partial charge >= 0.3 is 5.97 Å². The largest absolute Gasteiger partial charge is 0.452 e. The van der Waals surface area contributed by atoms with Crippen molar-refractivity contribution in [2.24, 2.45) is 11.8 Å². The maximum absolute atomic E-state index is 13.9. The normalized spacial score (nSPS) is 31.6. The van der Waals surface area contributed by atoms with Crippen LogP contribution in [0.3, 0.4) is 0 Å². The number of amides is 5. The van der Waals surface area contributed by atoms with Gasteiger partial charge in [-0.1, -0.05) is 34.1 Å². The molecule has 3 heterocycles. The summed E-state index contributed by atoms with van der Waals surface area (Å²) in [6.07, 6.45) is 0.190. The Balaban J connectivity index is 1.98. The second-order valence-electron chi connectivity index (χ2n) is 12.0. The maximum Gasteiger partial charge on any atom is 0.308 e. The minimum Gasteiger partial charge on any atom is -0.452 e. The first-order valence-electron chi connectivity index (χ1n) is 15.0. The Bertz CT molecular complexity index is 1050. The predicted molar refractivity (Wildman–Crippen MR) is 152 cm³/mol. The molecule has 13 nitrogen and oxygen atoms in total. The van der Waals surface area contributed by atoms with Crippen molar-refractivity contribution in [3.8, 4) is 0 Å². The summed E-state index contributed by atoms with van der Waals surface area (Å²) in [6.45, 7) is 9.65. The fourth-order valence-electron chi connectivity index (χ4n) is 5.55. The van der Waals surface area contributed by atoms with Crippen LogP contribution in [0.1, 0.15) is 66.7 Å². The highest BCUT2D eigenvalue weighted by Crippen LogP contribution is 2.25. The summed E-state index contributed by atoms with van der Waals surface area (Å²) in [6, 6.07) is -3.56. The van der Waals surface area contributed by atoms with Gasteiger partial charge in [-0.15, -0.1) is 0 Å². The number of cyclic esters (lactones) is 1. The first-order chi connectivity index (χ1) is 19.8. The van der Waals surface area contributed by atoms with E-state index in [4.69, 9.17) is 9.47 Å². The fraction of sp³-hybridized carbons (Fsp3) is 0.793. The van der Waals surface area contributed by atoms with Gasteiger partial charge in [0.15, 0.2) is 6.10 Å². The maximum atomic E-state index is 13.9. The van der Waals surface area contributed by atoms with Crippen LogP contribution in [-0.2, 0) is 38.2 Å². The van der Waals surface area contributed by atoms with Crippen LogP contribution in [0.5, 0.6) is 0 Å². The van der Waals surface area contributed by atoms with Gasteiger partial charge in [0.1, 0.15) is 24.2 Å². The van der Waals surface area contributed by atoms with E-state index in [1.807, 2.05) is 27.7 Å². The van der Waals surface area contributed by atoms with Crippen molar-refractivity contribution in [2.75, 3.05) is 33.8 Å². The lowest BCUT2D eigenvalue weighted by Crippen LogP contribution is -2.60. The van der Waals surface area contributed by atoms with Crippen molar-refractivity contribution in [3.63, 3.8) is 0 Å². The number of nitrogens with zero attached hydrogens (tertiary/aromatic N) is 3. The minimum absolute atomic E-state index is 0.0534. The Morgan fingerprint density at radius 3 is 2.21 bits per heavy atom. The number of hydrogen-bond acceptors (Lipinski definition) is 8. The molecule has 3 rings (SSSR count). The second-order valence-corrected chi connectivity index (χ2v) is 12.0. The molecule has 5 unspecified atom stereocenters. The van der Waals surface area contributed by atoms with Crippen LogP contribution in [0.2, 0.25) is 0 Å². The summed E-state index contributed by atoms with van der Waals surface area (Å²) >= 11 is 0. The highest BCUT2D eigenvalue weighted by Gasteiger charge is 2.44. The zero-order valence-corrected chi connectivity index (χ0v) is 25.9.